The number of aromatic nitrogens is 4. The van der Waals surface area contributed by atoms with Gasteiger partial charge in [0.25, 0.3) is 0 Å². The molecular formula is C20H19N7Si. The standard InChI is InChI=1S/C20H19N7Si/c1-28(2,3)8-5-16-13-24-19(10-18(16)23-7-4-6-21)27-20-17(14-26-27)9-15(11-22)12-25-20/h9-10,12-14H,4,7H2,1-3H3,(H,23,24). The van der Waals surface area contributed by atoms with Crippen molar-refractivity contribution in [3.05, 3.63) is 41.9 Å². The Bertz CT molecular complexity index is 1160. The van der Waals surface area contributed by atoms with E-state index in [1.807, 2.05) is 6.07 Å². The van der Waals surface area contributed by atoms with Crippen molar-refractivity contribution in [2.75, 3.05) is 11.9 Å². The molecule has 3 aromatic heterocycles. The van der Waals surface area contributed by atoms with Gasteiger partial charge in [0.2, 0.25) is 0 Å². The van der Waals surface area contributed by atoms with Gasteiger partial charge in [-0.1, -0.05) is 25.6 Å². The number of fused-ring (bicyclic) bond motifs is 1. The topological polar surface area (TPSA) is 103 Å². The fraction of sp³-hybridized carbons (Fsp3) is 0.250. The molecule has 1 N–H and O–H groups in total. The van der Waals surface area contributed by atoms with Crippen LogP contribution in [0.2, 0.25) is 19.6 Å². The third-order valence-corrected chi connectivity index (χ3v) is 4.64. The lowest BCUT2D eigenvalue weighted by atomic mass is 10.2. The van der Waals surface area contributed by atoms with Crippen LogP contribution >= 0.6 is 0 Å². The van der Waals surface area contributed by atoms with Gasteiger partial charge in [0, 0.05) is 30.4 Å². The number of pyridine rings is 2. The summed E-state index contributed by atoms with van der Waals surface area (Å²) in [4.78, 5) is 8.84. The van der Waals surface area contributed by atoms with E-state index in [1.54, 1.807) is 23.1 Å². The molecule has 0 saturated heterocycles. The number of nitriles is 2. The lowest BCUT2D eigenvalue weighted by Crippen LogP contribution is -2.16. The highest BCUT2D eigenvalue weighted by molar-refractivity contribution is 6.83. The molecule has 0 atom stereocenters. The smallest absolute Gasteiger partial charge is 0.164 e. The number of hydrogen-bond donors (Lipinski definition) is 1. The van der Waals surface area contributed by atoms with Gasteiger partial charge in [0.1, 0.15) is 14.1 Å². The molecule has 0 aliphatic carbocycles. The molecule has 0 aliphatic rings. The fourth-order valence-electron chi connectivity index (χ4n) is 2.46. The van der Waals surface area contributed by atoms with Crippen LogP contribution in [0.25, 0.3) is 16.9 Å². The summed E-state index contributed by atoms with van der Waals surface area (Å²) in [5.41, 5.74) is 6.05. The third-order valence-electron chi connectivity index (χ3n) is 3.77. The summed E-state index contributed by atoms with van der Waals surface area (Å²) in [6.45, 7) is 7.07. The van der Waals surface area contributed by atoms with Crippen molar-refractivity contribution in [3.8, 4) is 29.4 Å². The molecule has 3 heterocycles. The maximum absolute atomic E-state index is 9.03. The summed E-state index contributed by atoms with van der Waals surface area (Å²) in [5.74, 6) is 3.82. The largest absolute Gasteiger partial charge is 0.383 e. The molecule has 28 heavy (non-hydrogen) atoms. The van der Waals surface area contributed by atoms with Crippen molar-refractivity contribution in [2.45, 2.75) is 26.1 Å². The van der Waals surface area contributed by atoms with Crippen molar-refractivity contribution in [1.29, 1.82) is 10.5 Å². The molecule has 3 rings (SSSR count). The monoisotopic (exact) mass is 385 g/mol. The van der Waals surface area contributed by atoms with E-state index in [0.29, 0.717) is 30.0 Å². The van der Waals surface area contributed by atoms with Crippen LogP contribution in [0.5, 0.6) is 0 Å². The van der Waals surface area contributed by atoms with Gasteiger partial charge in [-0.25, -0.2) is 9.97 Å². The van der Waals surface area contributed by atoms with Crippen LogP contribution in [-0.2, 0) is 0 Å². The Balaban J connectivity index is 2.05. The maximum atomic E-state index is 9.03. The number of nitrogens with one attached hydrogen (secondary N) is 1. The van der Waals surface area contributed by atoms with Crippen LogP contribution in [0, 0.1) is 34.1 Å². The summed E-state index contributed by atoms with van der Waals surface area (Å²) >= 11 is 0. The molecule has 0 spiro atoms. The van der Waals surface area contributed by atoms with Gasteiger partial charge in [0.15, 0.2) is 11.5 Å². The maximum Gasteiger partial charge on any atom is 0.164 e. The summed E-state index contributed by atoms with van der Waals surface area (Å²) in [6.07, 6.45) is 5.28. The first-order valence-electron chi connectivity index (χ1n) is 8.79. The molecular weight excluding hydrogens is 366 g/mol. The van der Waals surface area contributed by atoms with Crippen molar-refractivity contribution < 1.29 is 0 Å². The average molecular weight is 386 g/mol. The molecule has 0 unspecified atom stereocenters. The van der Waals surface area contributed by atoms with Crippen LogP contribution in [-0.4, -0.2) is 34.4 Å². The van der Waals surface area contributed by atoms with Gasteiger partial charge in [-0.2, -0.15) is 20.3 Å². The van der Waals surface area contributed by atoms with E-state index < -0.39 is 8.07 Å². The molecule has 3 aromatic rings. The molecule has 0 amide bonds. The highest BCUT2D eigenvalue weighted by Gasteiger charge is 2.12. The average Bonchev–Trinajstić information content (AvgIpc) is 3.09. The highest BCUT2D eigenvalue weighted by atomic mass is 28.3. The molecule has 0 saturated carbocycles. The summed E-state index contributed by atoms with van der Waals surface area (Å²) in [7, 11) is -1.54. The molecule has 0 fully saturated rings. The zero-order valence-corrected chi connectivity index (χ0v) is 17.0. The van der Waals surface area contributed by atoms with E-state index in [2.05, 4.69) is 63.6 Å². The lowest BCUT2D eigenvalue weighted by molar-refractivity contribution is 0.862. The van der Waals surface area contributed by atoms with Gasteiger partial charge < -0.3 is 5.32 Å². The number of nitrogens with zero attached hydrogens (tertiary/aromatic N) is 6. The third kappa shape index (κ3) is 4.35. The Kier molecular flexibility index (Phi) is 5.40. The Morgan fingerprint density at radius 2 is 1.93 bits per heavy atom. The Hall–Kier alpha value is -3.67. The van der Waals surface area contributed by atoms with Gasteiger partial charge in [-0.15, -0.1) is 5.54 Å². The zero-order chi connectivity index (χ0) is 20.1. The molecule has 138 valence electrons. The van der Waals surface area contributed by atoms with Crippen molar-refractivity contribution in [2.24, 2.45) is 0 Å². The second-order valence-corrected chi connectivity index (χ2v) is 12.0. The number of hydrogen-bond acceptors (Lipinski definition) is 6. The normalized spacial score (nSPS) is 10.6. The molecule has 0 aromatic carbocycles. The predicted molar refractivity (Wildman–Crippen MR) is 110 cm³/mol. The second kappa shape index (κ2) is 7.92. The van der Waals surface area contributed by atoms with E-state index in [1.165, 1.54) is 6.20 Å². The number of rotatable bonds is 4. The van der Waals surface area contributed by atoms with Gasteiger partial charge >= 0.3 is 0 Å². The molecule has 7 nitrogen and oxygen atoms in total. The van der Waals surface area contributed by atoms with Gasteiger partial charge in [0.05, 0.1) is 35.5 Å². The molecule has 0 radical (unpaired) electrons. The Morgan fingerprint density at radius 3 is 2.64 bits per heavy atom. The first-order chi connectivity index (χ1) is 13.4. The molecule has 8 heteroatoms. The SMILES string of the molecule is C[Si](C)(C)C#Cc1cnc(-n2ncc3cc(C#N)cnc32)cc1NCCC#N. The van der Waals surface area contributed by atoms with Crippen molar-refractivity contribution >= 4 is 24.8 Å². The molecule has 0 bridgehead atoms. The van der Waals surface area contributed by atoms with Crippen LogP contribution in [0.15, 0.2) is 30.7 Å². The summed E-state index contributed by atoms with van der Waals surface area (Å²) in [6, 6.07) is 7.81. The van der Waals surface area contributed by atoms with Gasteiger partial charge in [-0.05, 0) is 6.07 Å². The fourth-order valence-corrected chi connectivity index (χ4v) is 2.97. The van der Waals surface area contributed by atoms with E-state index >= 15 is 0 Å². The number of anilines is 1. The van der Waals surface area contributed by atoms with Crippen molar-refractivity contribution in [1.82, 2.24) is 19.7 Å². The van der Waals surface area contributed by atoms with Crippen LogP contribution < -0.4 is 5.32 Å². The molecule has 0 aliphatic heterocycles. The van der Waals surface area contributed by atoms with E-state index in [4.69, 9.17) is 10.5 Å². The summed E-state index contributed by atoms with van der Waals surface area (Å²) in [5, 5.41) is 26.2. The van der Waals surface area contributed by atoms with Crippen LogP contribution in [0.4, 0.5) is 5.69 Å². The summed E-state index contributed by atoms with van der Waals surface area (Å²) < 4.78 is 1.63. The Labute approximate surface area is 164 Å². The van der Waals surface area contributed by atoms with Gasteiger partial charge in [-0.3, -0.25) is 0 Å². The first-order valence-corrected chi connectivity index (χ1v) is 12.3. The first kappa shape index (κ1) is 19.1. The predicted octanol–water partition coefficient (Wildman–Crippen LogP) is 3.24. The van der Waals surface area contributed by atoms with E-state index in [9.17, 15) is 0 Å². The van der Waals surface area contributed by atoms with E-state index in [-0.39, 0.29) is 0 Å². The minimum absolute atomic E-state index is 0.391. The zero-order valence-electron chi connectivity index (χ0n) is 16.0. The van der Waals surface area contributed by atoms with Crippen LogP contribution in [0.3, 0.4) is 0 Å². The van der Waals surface area contributed by atoms with Crippen molar-refractivity contribution in [3.63, 3.8) is 0 Å². The van der Waals surface area contributed by atoms with Crippen LogP contribution in [0.1, 0.15) is 17.5 Å². The van der Waals surface area contributed by atoms with E-state index in [0.717, 1.165) is 16.6 Å². The minimum atomic E-state index is -1.54. The highest BCUT2D eigenvalue weighted by Crippen LogP contribution is 2.21. The minimum Gasteiger partial charge on any atom is -0.383 e. The quantitative estimate of drug-likeness (QED) is 0.420. The Morgan fingerprint density at radius 1 is 1.11 bits per heavy atom. The lowest BCUT2D eigenvalue weighted by Gasteiger charge is -2.10. The second-order valence-electron chi connectivity index (χ2n) is 7.23.